The van der Waals surface area contributed by atoms with Crippen molar-refractivity contribution in [3.05, 3.63) is 75.6 Å². The van der Waals surface area contributed by atoms with Gasteiger partial charge in [-0.05, 0) is 52.8 Å². The number of hydrogen-bond donors (Lipinski definition) is 0. The summed E-state index contributed by atoms with van der Waals surface area (Å²) >= 11 is 2.33. The summed E-state index contributed by atoms with van der Waals surface area (Å²) in [4.78, 5) is 0. The van der Waals surface area contributed by atoms with E-state index in [0.717, 1.165) is 12.1 Å². The van der Waals surface area contributed by atoms with Gasteiger partial charge in [-0.25, -0.2) is 0 Å². The molecule has 0 atom stereocenters. The number of aromatic nitrogens is 2. The zero-order valence-electron chi connectivity index (χ0n) is 11.3. The van der Waals surface area contributed by atoms with Gasteiger partial charge in [-0.2, -0.15) is 5.10 Å². The average molecular weight is 374 g/mol. The quantitative estimate of drug-likeness (QED) is 0.617. The molecule has 0 bridgehead atoms. The molecular weight excluding hydrogens is 359 g/mol. The van der Waals surface area contributed by atoms with Crippen LogP contribution in [0.1, 0.15) is 11.1 Å². The highest BCUT2D eigenvalue weighted by atomic mass is 127. The Hall–Kier alpha value is -1.62. The second-order valence-electron chi connectivity index (χ2n) is 4.93. The third-order valence-electron chi connectivity index (χ3n) is 3.22. The first-order valence-electron chi connectivity index (χ1n) is 6.55. The number of halogens is 1. The molecule has 0 aliphatic rings. The molecule has 2 nitrogen and oxygen atoms in total. The lowest BCUT2D eigenvalue weighted by molar-refractivity contribution is 0.686. The van der Waals surface area contributed by atoms with E-state index in [-0.39, 0.29) is 0 Å². The minimum atomic E-state index is 0.811. The molecule has 0 N–H and O–H groups in total. The van der Waals surface area contributed by atoms with E-state index in [9.17, 15) is 0 Å². The van der Waals surface area contributed by atoms with Gasteiger partial charge in [-0.1, -0.05) is 42.0 Å². The fourth-order valence-electron chi connectivity index (χ4n) is 2.26. The van der Waals surface area contributed by atoms with Crippen molar-refractivity contribution in [1.82, 2.24) is 9.78 Å². The lowest BCUT2D eigenvalue weighted by atomic mass is 10.1. The molecular formula is C17H15IN2. The van der Waals surface area contributed by atoms with Crippen molar-refractivity contribution in [3.8, 4) is 11.1 Å². The monoisotopic (exact) mass is 374 g/mol. The predicted molar refractivity (Wildman–Crippen MR) is 90.7 cm³/mol. The second-order valence-corrected chi connectivity index (χ2v) is 6.17. The van der Waals surface area contributed by atoms with E-state index in [0.29, 0.717) is 0 Å². The molecule has 0 amide bonds. The van der Waals surface area contributed by atoms with Crippen molar-refractivity contribution in [2.24, 2.45) is 0 Å². The van der Waals surface area contributed by atoms with E-state index < -0.39 is 0 Å². The van der Waals surface area contributed by atoms with Gasteiger partial charge in [0.05, 0.1) is 12.7 Å². The Kier molecular flexibility index (Phi) is 3.87. The third-order valence-corrected chi connectivity index (χ3v) is 3.89. The molecule has 0 saturated carbocycles. The van der Waals surface area contributed by atoms with Crippen LogP contribution in [0.2, 0.25) is 0 Å². The largest absolute Gasteiger partial charge is 0.268 e. The molecule has 0 spiro atoms. The van der Waals surface area contributed by atoms with E-state index in [1.165, 1.54) is 20.3 Å². The van der Waals surface area contributed by atoms with Crippen LogP contribution >= 0.6 is 22.6 Å². The summed E-state index contributed by atoms with van der Waals surface area (Å²) in [5, 5.41) is 4.46. The Morgan fingerprint density at radius 2 is 1.90 bits per heavy atom. The van der Waals surface area contributed by atoms with E-state index in [2.05, 4.69) is 89.3 Å². The minimum Gasteiger partial charge on any atom is -0.268 e. The molecule has 1 aromatic heterocycles. The van der Waals surface area contributed by atoms with Gasteiger partial charge in [0.2, 0.25) is 0 Å². The molecule has 0 saturated heterocycles. The molecule has 0 fully saturated rings. The molecule has 3 aromatic rings. The summed E-state index contributed by atoms with van der Waals surface area (Å²) in [7, 11) is 0. The highest BCUT2D eigenvalue weighted by Crippen LogP contribution is 2.21. The van der Waals surface area contributed by atoms with Gasteiger partial charge in [0, 0.05) is 15.3 Å². The van der Waals surface area contributed by atoms with Crippen LogP contribution in [-0.2, 0) is 6.54 Å². The molecule has 0 aliphatic heterocycles. The zero-order chi connectivity index (χ0) is 13.9. The minimum absolute atomic E-state index is 0.811. The maximum absolute atomic E-state index is 4.46. The molecule has 0 aliphatic carbocycles. The molecule has 1 heterocycles. The molecule has 0 radical (unpaired) electrons. The van der Waals surface area contributed by atoms with Crippen LogP contribution in [0.4, 0.5) is 0 Å². The first-order valence-corrected chi connectivity index (χ1v) is 7.62. The maximum atomic E-state index is 4.46. The lowest BCUT2D eigenvalue weighted by Crippen LogP contribution is -1.99. The van der Waals surface area contributed by atoms with Crippen molar-refractivity contribution in [2.45, 2.75) is 13.5 Å². The Bertz CT molecular complexity index is 731. The van der Waals surface area contributed by atoms with Gasteiger partial charge in [0.25, 0.3) is 0 Å². The number of aryl methyl sites for hydroxylation is 1. The van der Waals surface area contributed by atoms with Crippen LogP contribution < -0.4 is 0 Å². The van der Waals surface area contributed by atoms with Crippen LogP contribution in [-0.4, -0.2) is 9.78 Å². The van der Waals surface area contributed by atoms with Crippen LogP contribution in [0.3, 0.4) is 0 Å². The second kappa shape index (κ2) is 5.79. The topological polar surface area (TPSA) is 17.8 Å². The highest BCUT2D eigenvalue weighted by molar-refractivity contribution is 14.1. The number of rotatable bonds is 3. The molecule has 3 rings (SSSR count). The standard InChI is InChI=1S/C17H15IN2/c1-13-4-2-5-14(8-13)11-20-12-16(10-19-20)15-6-3-7-17(18)9-15/h2-10,12H,11H2,1H3. The van der Waals surface area contributed by atoms with Crippen molar-refractivity contribution in [2.75, 3.05) is 0 Å². The summed E-state index contributed by atoms with van der Waals surface area (Å²) in [6, 6.07) is 17.0. The molecule has 0 unspecified atom stereocenters. The van der Waals surface area contributed by atoms with Crippen LogP contribution in [0.5, 0.6) is 0 Å². The molecule has 2 aromatic carbocycles. The maximum Gasteiger partial charge on any atom is 0.0659 e. The van der Waals surface area contributed by atoms with E-state index in [1.807, 2.05) is 10.9 Å². The van der Waals surface area contributed by atoms with Crippen molar-refractivity contribution >= 4 is 22.6 Å². The Balaban J connectivity index is 1.84. The zero-order valence-corrected chi connectivity index (χ0v) is 13.4. The summed E-state index contributed by atoms with van der Waals surface area (Å²) in [5.74, 6) is 0. The SMILES string of the molecule is Cc1cccc(Cn2cc(-c3cccc(I)c3)cn2)c1. The van der Waals surface area contributed by atoms with Crippen molar-refractivity contribution in [3.63, 3.8) is 0 Å². The summed E-state index contributed by atoms with van der Waals surface area (Å²) in [6.07, 6.45) is 4.04. The fourth-order valence-corrected chi connectivity index (χ4v) is 2.81. The first-order chi connectivity index (χ1) is 9.70. The molecule has 100 valence electrons. The van der Waals surface area contributed by atoms with E-state index in [1.54, 1.807) is 0 Å². The van der Waals surface area contributed by atoms with Crippen LogP contribution in [0.25, 0.3) is 11.1 Å². The van der Waals surface area contributed by atoms with Gasteiger partial charge in [-0.3, -0.25) is 4.68 Å². The first kappa shape index (κ1) is 13.4. The fraction of sp³-hybridized carbons (Fsp3) is 0.118. The van der Waals surface area contributed by atoms with Gasteiger partial charge < -0.3 is 0 Å². The van der Waals surface area contributed by atoms with Gasteiger partial charge in [0.15, 0.2) is 0 Å². The highest BCUT2D eigenvalue weighted by Gasteiger charge is 2.03. The van der Waals surface area contributed by atoms with E-state index in [4.69, 9.17) is 0 Å². The average Bonchev–Trinajstić information content (AvgIpc) is 2.87. The van der Waals surface area contributed by atoms with Gasteiger partial charge in [-0.15, -0.1) is 0 Å². The van der Waals surface area contributed by atoms with Crippen molar-refractivity contribution in [1.29, 1.82) is 0 Å². The van der Waals surface area contributed by atoms with E-state index >= 15 is 0 Å². The number of hydrogen-bond acceptors (Lipinski definition) is 1. The van der Waals surface area contributed by atoms with Crippen LogP contribution in [0.15, 0.2) is 60.9 Å². The Morgan fingerprint density at radius 3 is 2.70 bits per heavy atom. The molecule has 20 heavy (non-hydrogen) atoms. The Labute approximate surface area is 132 Å². The molecule has 3 heteroatoms. The number of nitrogens with zero attached hydrogens (tertiary/aromatic N) is 2. The summed E-state index contributed by atoms with van der Waals surface area (Å²) in [6.45, 7) is 2.93. The van der Waals surface area contributed by atoms with Gasteiger partial charge >= 0.3 is 0 Å². The Morgan fingerprint density at radius 1 is 1.05 bits per heavy atom. The third kappa shape index (κ3) is 3.10. The normalized spacial score (nSPS) is 10.7. The number of benzene rings is 2. The summed E-state index contributed by atoms with van der Waals surface area (Å²) < 4.78 is 3.23. The van der Waals surface area contributed by atoms with Gasteiger partial charge in [0.1, 0.15) is 0 Å². The predicted octanol–water partition coefficient (Wildman–Crippen LogP) is 4.51. The van der Waals surface area contributed by atoms with Crippen LogP contribution in [0, 0.1) is 10.5 Å². The lowest BCUT2D eigenvalue weighted by Gasteiger charge is -2.03. The summed E-state index contributed by atoms with van der Waals surface area (Å²) in [5.41, 5.74) is 4.94. The smallest absolute Gasteiger partial charge is 0.0659 e. The van der Waals surface area contributed by atoms with Crippen molar-refractivity contribution < 1.29 is 0 Å².